The van der Waals surface area contributed by atoms with Crippen molar-refractivity contribution in [3.63, 3.8) is 0 Å². The van der Waals surface area contributed by atoms with Gasteiger partial charge in [-0.15, -0.1) is 0 Å². The van der Waals surface area contributed by atoms with E-state index < -0.39 is 6.10 Å². The summed E-state index contributed by atoms with van der Waals surface area (Å²) in [5.41, 5.74) is 0.289. The van der Waals surface area contributed by atoms with Crippen LogP contribution in [-0.2, 0) is 0 Å². The fourth-order valence-electron chi connectivity index (χ4n) is 0.957. The second-order valence-electron chi connectivity index (χ2n) is 3.62. The molecular formula is C9H14BrN3O2. The van der Waals surface area contributed by atoms with E-state index in [1.165, 1.54) is 6.20 Å². The number of anilines is 1. The number of H-pyrrole nitrogens is 1. The fourth-order valence-corrected chi connectivity index (χ4v) is 1.29. The number of nitrogens with one attached hydrogen (secondary N) is 2. The summed E-state index contributed by atoms with van der Waals surface area (Å²) in [5.74, 6) is 0.172. The zero-order chi connectivity index (χ0) is 11.4. The van der Waals surface area contributed by atoms with E-state index in [1.807, 2.05) is 13.8 Å². The molecule has 1 atom stereocenters. The summed E-state index contributed by atoms with van der Waals surface area (Å²) in [6.45, 7) is 4.25. The van der Waals surface area contributed by atoms with Crippen molar-refractivity contribution >= 4 is 21.6 Å². The monoisotopic (exact) mass is 275 g/mol. The second kappa shape index (κ2) is 5.27. The number of aliphatic hydroxyl groups excluding tert-OH is 1. The number of hydrogen-bond donors (Lipinski definition) is 3. The van der Waals surface area contributed by atoms with E-state index in [0.717, 1.165) is 0 Å². The predicted octanol–water partition coefficient (Wildman–Crippen LogP) is 0.961. The number of aromatic amines is 1. The number of rotatable bonds is 4. The molecule has 0 aliphatic rings. The molecule has 84 valence electrons. The molecule has 0 radical (unpaired) electrons. The molecule has 3 N–H and O–H groups in total. The van der Waals surface area contributed by atoms with Gasteiger partial charge in [0.25, 0.3) is 5.56 Å². The number of halogens is 1. The standard InChI is InChI=1S/C9H14BrN3O2/c1-5(2)7(14)4-11-6-3-12-13-9(15)8(6)10/h3,5,7,14H,4H2,1-2H3,(H2,11,13,15). The number of aliphatic hydroxyl groups is 1. The predicted molar refractivity (Wildman–Crippen MR) is 61.9 cm³/mol. The third-order valence-corrected chi connectivity index (χ3v) is 2.85. The van der Waals surface area contributed by atoms with Gasteiger partial charge in [0.05, 0.1) is 18.0 Å². The third kappa shape index (κ3) is 3.32. The lowest BCUT2D eigenvalue weighted by Crippen LogP contribution is -2.25. The molecule has 15 heavy (non-hydrogen) atoms. The summed E-state index contributed by atoms with van der Waals surface area (Å²) in [4.78, 5) is 11.2. The SMILES string of the molecule is CC(C)C(O)CNc1cn[nH]c(=O)c1Br. The van der Waals surface area contributed by atoms with Gasteiger partial charge in [-0.1, -0.05) is 13.8 Å². The average Bonchev–Trinajstić information content (AvgIpc) is 2.19. The molecule has 0 aromatic carbocycles. The lowest BCUT2D eigenvalue weighted by molar-refractivity contribution is 0.138. The Morgan fingerprint density at radius 3 is 2.93 bits per heavy atom. The summed E-state index contributed by atoms with van der Waals surface area (Å²) in [6.07, 6.45) is 1.05. The van der Waals surface area contributed by atoms with Crippen LogP contribution in [0, 0.1) is 5.92 Å². The van der Waals surface area contributed by atoms with Crippen LogP contribution >= 0.6 is 15.9 Å². The van der Waals surface area contributed by atoms with Gasteiger partial charge in [-0.3, -0.25) is 4.79 Å². The Bertz CT molecular complexity index is 378. The van der Waals surface area contributed by atoms with Crippen LogP contribution in [0.2, 0.25) is 0 Å². The number of aromatic nitrogens is 2. The zero-order valence-electron chi connectivity index (χ0n) is 8.62. The van der Waals surface area contributed by atoms with Gasteiger partial charge < -0.3 is 10.4 Å². The van der Waals surface area contributed by atoms with Gasteiger partial charge in [0.1, 0.15) is 4.47 Å². The maximum atomic E-state index is 11.2. The molecule has 0 aliphatic carbocycles. The first kappa shape index (κ1) is 12.2. The summed E-state index contributed by atoms with van der Waals surface area (Å²) in [5, 5.41) is 18.5. The minimum absolute atomic E-state index is 0.172. The summed E-state index contributed by atoms with van der Waals surface area (Å²) in [7, 11) is 0. The summed E-state index contributed by atoms with van der Waals surface area (Å²) < 4.78 is 0.397. The highest BCUT2D eigenvalue weighted by Crippen LogP contribution is 2.15. The Hall–Kier alpha value is -0.880. The lowest BCUT2D eigenvalue weighted by atomic mass is 10.1. The van der Waals surface area contributed by atoms with Crippen LogP contribution in [-0.4, -0.2) is 28.0 Å². The van der Waals surface area contributed by atoms with Crippen molar-refractivity contribution in [2.45, 2.75) is 20.0 Å². The Balaban J connectivity index is 2.66. The molecule has 0 fully saturated rings. The minimum Gasteiger partial charge on any atom is -0.391 e. The molecule has 0 bridgehead atoms. The minimum atomic E-state index is -0.448. The molecule has 0 spiro atoms. The average molecular weight is 276 g/mol. The van der Waals surface area contributed by atoms with E-state index in [4.69, 9.17) is 0 Å². The molecule has 0 aliphatic heterocycles. The molecule has 1 rings (SSSR count). The fraction of sp³-hybridized carbons (Fsp3) is 0.556. The largest absolute Gasteiger partial charge is 0.391 e. The quantitative estimate of drug-likeness (QED) is 0.765. The lowest BCUT2D eigenvalue weighted by Gasteiger charge is -2.15. The highest BCUT2D eigenvalue weighted by Gasteiger charge is 2.10. The molecule has 1 unspecified atom stereocenters. The van der Waals surface area contributed by atoms with E-state index in [9.17, 15) is 9.90 Å². The van der Waals surface area contributed by atoms with Crippen molar-refractivity contribution < 1.29 is 5.11 Å². The zero-order valence-corrected chi connectivity index (χ0v) is 10.2. The van der Waals surface area contributed by atoms with Crippen LogP contribution in [0.25, 0.3) is 0 Å². The van der Waals surface area contributed by atoms with E-state index in [-0.39, 0.29) is 11.5 Å². The number of nitrogens with zero attached hydrogens (tertiary/aromatic N) is 1. The van der Waals surface area contributed by atoms with E-state index in [0.29, 0.717) is 16.7 Å². The van der Waals surface area contributed by atoms with Crippen LogP contribution in [0.4, 0.5) is 5.69 Å². The van der Waals surface area contributed by atoms with E-state index in [1.54, 1.807) is 0 Å². The van der Waals surface area contributed by atoms with E-state index in [2.05, 4.69) is 31.4 Å². The Morgan fingerprint density at radius 2 is 2.33 bits per heavy atom. The van der Waals surface area contributed by atoms with Crippen LogP contribution in [0.1, 0.15) is 13.8 Å². The smallest absolute Gasteiger partial charge is 0.280 e. The third-order valence-electron chi connectivity index (χ3n) is 2.07. The molecule has 0 amide bonds. The molecule has 6 heteroatoms. The first-order valence-corrected chi connectivity index (χ1v) is 5.46. The van der Waals surface area contributed by atoms with Crippen molar-refractivity contribution in [1.29, 1.82) is 0 Å². The van der Waals surface area contributed by atoms with Crippen LogP contribution in [0.5, 0.6) is 0 Å². The highest BCUT2D eigenvalue weighted by molar-refractivity contribution is 9.10. The summed E-state index contributed by atoms with van der Waals surface area (Å²) in [6, 6.07) is 0. The Morgan fingerprint density at radius 1 is 1.67 bits per heavy atom. The highest BCUT2D eigenvalue weighted by atomic mass is 79.9. The maximum Gasteiger partial charge on any atom is 0.280 e. The molecular weight excluding hydrogens is 262 g/mol. The van der Waals surface area contributed by atoms with Crippen molar-refractivity contribution in [3.8, 4) is 0 Å². The van der Waals surface area contributed by atoms with Gasteiger partial charge in [0.2, 0.25) is 0 Å². The van der Waals surface area contributed by atoms with Crippen molar-refractivity contribution in [1.82, 2.24) is 10.2 Å². The van der Waals surface area contributed by atoms with Crippen LogP contribution in [0.3, 0.4) is 0 Å². The van der Waals surface area contributed by atoms with Crippen molar-refractivity contribution in [3.05, 3.63) is 21.0 Å². The van der Waals surface area contributed by atoms with Gasteiger partial charge in [0.15, 0.2) is 0 Å². The maximum absolute atomic E-state index is 11.2. The van der Waals surface area contributed by atoms with Gasteiger partial charge in [0, 0.05) is 6.54 Å². The molecule has 1 aromatic heterocycles. The normalized spacial score (nSPS) is 12.9. The van der Waals surface area contributed by atoms with Crippen molar-refractivity contribution in [2.75, 3.05) is 11.9 Å². The molecule has 1 aromatic rings. The van der Waals surface area contributed by atoms with Crippen LogP contribution in [0.15, 0.2) is 15.5 Å². The Kier molecular flexibility index (Phi) is 4.28. The first-order chi connectivity index (χ1) is 7.02. The Labute approximate surface area is 96.0 Å². The van der Waals surface area contributed by atoms with Gasteiger partial charge >= 0.3 is 0 Å². The van der Waals surface area contributed by atoms with Crippen molar-refractivity contribution in [2.24, 2.45) is 5.92 Å². The van der Waals surface area contributed by atoms with Crippen LogP contribution < -0.4 is 10.9 Å². The first-order valence-electron chi connectivity index (χ1n) is 4.67. The van der Waals surface area contributed by atoms with Gasteiger partial charge in [-0.25, -0.2) is 5.10 Å². The molecule has 0 saturated heterocycles. The van der Waals surface area contributed by atoms with Gasteiger partial charge in [-0.2, -0.15) is 5.10 Å². The number of hydrogen-bond acceptors (Lipinski definition) is 4. The topological polar surface area (TPSA) is 78.0 Å². The molecule has 1 heterocycles. The molecule has 5 nitrogen and oxygen atoms in total. The molecule has 0 saturated carbocycles. The summed E-state index contributed by atoms with van der Waals surface area (Å²) >= 11 is 3.14. The van der Waals surface area contributed by atoms with Gasteiger partial charge in [-0.05, 0) is 21.8 Å². The second-order valence-corrected chi connectivity index (χ2v) is 4.41. The van der Waals surface area contributed by atoms with E-state index >= 15 is 0 Å².